The zero-order chi connectivity index (χ0) is 13.4. The molecule has 0 aliphatic rings. The third-order valence-electron chi connectivity index (χ3n) is 1.57. The molecule has 0 saturated carbocycles. The lowest BCUT2D eigenvalue weighted by atomic mass is 10.3. The van der Waals surface area contributed by atoms with Crippen LogP contribution in [-0.4, -0.2) is 24.3 Å². The maximum atomic E-state index is 11.8. The van der Waals surface area contributed by atoms with Crippen molar-refractivity contribution in [1.82, 2.24) is 4.98 Å². The molecule has 0 fully saturated rings. The van der Waals surface area contributed by atoms with E-state index in [4.69, 9.17) is 5.53 Å². The first-order chi connectivity index (χ1) is 8.51. The zero-order valence-corrected chi connectivity index (χ0v) is 8.98. The number of azide groups is 1. The smallest absolute Gasteiger partial charge is 0.422 e. The van der Waals surface area contributed by atoms with E-state index in [9.17, 15) is 13.2 Å². The molecule has 0 spiro atoms. The van der Waals surface area contributed by atoms with Gasteiger partial charge in [0, 0.05) is 22.7 Å². The summed E-state index contributed by atoms with van der Waals surface area (Å²) in [5, 5.41) is 3.20. The van der Waals surface area contributed by atoms with E-state index in [1.165, 1.54) is 18.3 Å². The minimum absolute atomic E-state index is 0.0167. The molecule has 0 saturated heterocycles. The molecule has 0 aliphatic heterocycles. The predicted octanol–water partition coefficient (Wildman–Crippen LogP) is 2.68. The standard InChI is InChI=1S/C10H7F3N4O/c11-10(12,13)7-18-9-4-3-8(6-15-9)2-1-5-16-17-14/h3-4,6H,5,7H2. The van der Waals surface area contributed by atoms with E-state index < -0.39 is 12.8 Å². The summed E-state index contributed by atoms with van der Waals surface area (Å²) in [4.78, 5) is 6.16. The molecule has 0 N–H and O–H groups in total. The first-order valence-corrected chi connectivity index (χ1v) is 4.66. The molecule has 0 bridgehead atoms. The normalized spacial score (nSPS) is 9.94. The van der Waals surface area contributed by atoms with Gasteiger partial charge in [-0.25, -0.2) is 4.98 Å². The van der Waals surface area contributed by atoms with Gasteiger partial charge in [0.05, 0.1) is 6.54 Å². The van der Waals surface area contributed by atoms with Crippen LogP contribution in [0.5, 0.6) is 5.88 Å². The fraction of sp³-hybridized carbons (Fsp3) is 0.300. The SMILES string of the molecule is [N-]=[N+]=NCC#Cc1ccc(OCC(F)(F)F)nc1. The van der Waals surface area contributed by atoms with Crippen LogP contribution in [0.1, 0.15) is 5.56 Å². The van der Waals surface area contributed by atoms with E-state index >= 15 is 0 Å². The van der Waals surface area contributed by atoms with Gasteiger partial charge < -0.3 is 4.74 Å². The van der Waals surface area contributed by atoms with Crippen molar-refractivity contribution in [3.05, 3.63) is 34.3 Å². The molecular weight excluding hydrogens is 249 g/mol. The second-order valence-electron chi connectivity index (χ2n) is 2.98. The van der Waals surface area contributed by atoms with Crippen molar-refractivity contribution in [2.24, 2.45) is 5.11 Å². The molecule has 0 unspecified atom stereocenters. The van der Waals surface area contributed by atoms with E-state index in [2.05, 4.69) is 31.6 Å². The lowest BCUT2D eigenvalue weighted by Gasteiger charge is -2.07. The van der Waals surface area contributed by atoms with Crippen molar-refractivity contribution >= 4 is 0 Å². The van der Waals surface area contributed by atoms with Gasteiger partial charge in [-0.05, 0) is 11.6 Å². The molecular formula is C10H7F3N4O. The Morgan fingerprint density at radius 2 is 2.22 bits per heavy atom. The maximum absolute atomic E-state index is 11.8. The highest BCUT2D eigenvalue weighted by Gasteiger charge is 2.28. The van der Waals surface area contributed by atoms with Crippen LogP contribution in [0.4, 0.5) is 13.2 Å². The fourth-order valence-corrected chi connectivity index (χ4v) is 0.904. The largest absolute Gasteiger partial charge is 0.468 e. The van der Waals surface area contributed by atoms with E-state index in [-0.39, 0.29) is 12.4 Å². The van der Waals surface area contributed by atoms with Crippen LogP contribution in [0.25, 0.3) is 10.4 Å². The van der Waals surface area contributed by atoms with E-state index in [0.29, 0.717) is 5.56 Å². The summed E-state index contributed by atoms with van der Waals surface area (Å²) in [7, 11) is 0. The molecule has 1 aromatic heterocycles. The molecule has 1 heterocycles. The van der Waals surface area contributed by atoms with Gasteiger partial charge in [0.2, 0.25) is 5.88 Å². The number of alkyl halides is 3. The minimum atomic E-state index is -4.39. The number of nitrogens with zero attached hydrogens (tertiary/aromatic N) is 4. The molecule has 94 valence electrons. The minimum Gasteiger partial charge on any atom is -0.468 e. The Labute approximate surface area is 100 Å². The van der Waals surface area contributed by atoms with Crippen molar-refractivity contribution in [3.8, 4) is 17.7 Å². The lowest BCUT2D eigenvalue weighted by molar-refractivity contribution is -0.154. The van der Waals surface area contributed by atoms with Crippen LogP contribution in [0.3, 0.4) is 0 Å². The second kappa shape index (κ2) is 6.37. The molecule has 0 amide bonds. The van der Waals surface area contributed by atoms with Crippen LogP contribution < -0.4 is 4.74 Å². The monoisotopic (exact) mass is 256 g/mol. The van der Waals surface area contributed by atoms with Gasteiger partial charge in [-0.15, -0.1) is 0 Å². The number of hydrogen-bond donors (Lipinski definition) is 0. The average molecular weight is 256 g/mol. The lowest BCUT2D eigenvalue weighted by Crippen LogP contribution is -2.19. The number of rotatable bonds is 3. The Kier molecular flexibility index (Phi) is 4.84. The van der Waals surface area contributed by atoms with Crippen LogP contribution >= 0.6 is 0 Å². The van der Waals surface area contributed by atoms with Gasteiger partial charge in [0.15, 0.2) is 6.61 Å². The summed E-state index contributed by atoms with van der Waals surface area (Å²) < 4.78 is 40.0. The Morgan fingerprint density at radius 1 is 1.44 bits per heavy atom. The fourth-order valence-electron chi connectivity index (χ4n) is 0.904. The van der Waals surface area contributed by atoms with Crippen LogP contribution in [0.2, 0.25) is 0 Å². The summed E-state index contributed by atoms with van der Waals surface area (Å²) in [6.45, 7) is -1.37. The third-order valence-corrected chi connectivity index (χ3v) is 1.57. The highest BCUT2D eigenvalue weighted by Crippen LogP contribution is 2.16. The van der Waals surface area contributed by atoms with Gasteiger partial charge in [-0.3, -0.25) is 0 Å². The predicted molar refractivity (Wildman–Crippen MR) is 56.7 cm³/mol. The molecule has 0 aliphatic carbocycles. The highest BCUT2D eigenvalue weighted by atomic mass is 19.4. The van der Waals surface area contributed by atoms with Crippen molar-refractivity contribution < 1.29 is 17.9 Å². The first kappa shape index (κ1) is 13.7. The molecule has 0 aromatic carbocycles. The number of halogens is 3. The van der Waals surface area contributed by atoms with Gasteiger partial charge >= 0.3 is 6.18 Å². The van der Waals surface area contributed by atoms with E-state index in [1.54, 1.807) is 0 Å². The third kappa shape index (κ3) is 5.63. The number of ether oxygens (including phenoxy) is 1. The zero-order valence-electron chi connectivity index (χ0n) is 8.98. The summed E-state index contributed by atoms with van der Waals surface area (Å²) in [6, 6.07) is 2.74. The van der Waals surface area contributed by atoms with Crippen molar-refractivity contribution in [2.45, 2.75) is 6.18 Å². The van der Waals surface area contributed by atoms with Gasteiger partial charge in [-0.2, -0.15) is 13.2 Å². The van der Waals surface area contributed by atoms with Gasteiger partial charge in [-0.1, -0.05) is 17.0 Å². The molecule has 1 aromatic rings. The molecule has 8 heteroatoms. The van der Waals surface area contributed by atoms with Gasteiger partial charge in [0.25, 0.3) is 0 Å². The van der Waals surface area contributed by atoms with Crippen LogP contribution in [-0.2, 0) is 0 Å². The molecule has 0 atom stereocenters. The summed E-state index contributed by atoms with van der Waals surface area (Å²) in [5.41, 5.74) is 8.48. The molecule has 1 rings (SSSR count). The topological polar surface area (TPSA) is 70.9 Å². The first-order valence-electron chi connectivity index (χ1n) is 4.66. The Morgan fingerprint density at radius 3 is 2.78 bits per heavy atom. The van der Waals surface area contributed by atoms with Crippen molar-refractivity contribution in [2.75, 3.05) is 13.2 Å². The van der Waals surface area contributed by atoms with E-state index in [1.807, 2.05) is 0 Å². The highest BCUT2D eigenvalue weighted by molar-refractivity contribution is 5.33. The van der Waals surface area contributed by atoms with Crippen LogP contribution in [0.15, 0.2) is 23.4 Å². The van der Waals surface area contributed by atoms with E-state index in [0.717, 1.165) is 0 Å². The second-order valence-corrected chi connectivity index (χ2v) is 2.98. The quantitative estimate of drug-likeness (QED) is 0.361. The number of hydrogen-bond acceptors (Lipinski definition) is 3. The summed E-state index contributed by atoms with van der Waals surface area (Å²) in [5.74, 6) is 5.04. The maximum Gasteiger partial charge on any atom is 0.422 e. The van der Waals surface area contributed by atoms with Gasteiger partial charge in [0.1, 0.15) is 0 Å². The summed E-state index contributed by atoms with van der Waals surface area (Å²) >= 11 is 0. The van der Waals surface area contributed by atoms with Crippen molar-refractivity contribution in [1.29, 1.82) is 0 Å². The molecule has 18 heavy (non-hydrogen) atoms. The Bertz CT molecular complexity index is 495. The van der Waals surface area contributed by atoms with Crippen molar-refractivity contribution in [3.63, 3.8) is 0 Å². The Hall–Kier alpha value is -2.39. The molecule has 5 nitrogen and oxygen atoms in total. The number of pyridine rings is 1. The average Bonchev–Trinajstić information content (AvgIpc) is 2.33. The Balaban J connectivity index is 2.56. The summed E-state index contributed by atoms with van der Waals surface area (Å²) in [6.07, 6.45) is -3.12. The van der Waals surface area contributed by atoms with Crippen LogP contribution in [0, 0.1) is 11.8 Å². The molecule has 0 radical (unpaired) electrons. The number of aromatic nitrogens is 1.